The highest BCUT2D eigenvalue weighted by atomic mass is 32.1. The van der Waals surface area contributed by atoms with E-state index in [1.165, 1.54) is 36.2 Å². The van der Waals surface area contributed by atoms with Crippen LogP contribution in [0.5, 0.6) is 0 Å². The van der Waals surface area contributed by atoms with Gasteiger partial charge < -0.3 is 10.2 Å². The fourth-order valence-electron chi connectivity index (χ4n) is 4.17. The lowest BCUT2D eigenvalue weighted by Crippen LogP contribution is -2.47. The van der Waals surface area contributed by atoms with Crippen LogP contribution in [-0.2, 0) is 0 Å². The molecule has 3 heterocycles. The molecule has 4 nitrogen and oxygen atoms in total. The Morgan fingerprint density at radius 2 is 2.08 bits per heavy atom. The highest BCUT2D eigenvalue weighted by Gasteiger charge is 2.44. The van der Waals surface area contributed by atoms with Crippen molar-refractivity contribution in [3.8, 4) is 0 Å². The number of likely N-dealkylation sites (tertiary alicyclic amines) is 1. The standard InChI is InChI=1S/C19H23N3OS/c23-19(16-12-24-13-21-16)22-11-15(14-7-3-1-4-8-14)18-17(22)9-5-2-6-10-20-18/h1,3-4,7-8,12-13,15,17-18,20H,2,5-6,9-11H2/t15-,17-,18-/m0/s1. The predicted octanol–water partition coefficient (Wildman–Crippen LogP) is 3.28. The van der Waals surface area contributed by atoms with Crippen LogP contribution in [0.3, 0.4) is 0 Å². The van der Waals surface area contributed by atoms with Crippen LogP contribution in [-0.4, -0.2) is 41.0 Å². The van der Waals surface area contributed by atoms with Crippen molar-refractivity contribution >= 4 is 17.2 Å². The van der Waals surface area contributed by atoms with Gasteiger partial charge in [0, 0.05) is 29.9 Å². The molecule has 0 bridgehead atoms. The van der Waals surface area contributed by atoms with Gasteiger partial charge in [-0.25, -0.2) is 4.98 Å². The summed E-state index contributed by atoms with van der Waals surface area (Å²) in [6, 6.07) is 11.2. The van der Waals surface area contributed by atoms with Crippen molar-refractivity contribution in [2.45, 2.75) is 43.7 Å². The molecule has 0 aliphatic carbocycles. The minimum absolute atomic E-state index is 0.0899. The maximum atomic E-state index is 13.0. The number of nitrogens with zero attached hydrogens (tertiary/aromatic N) is 2. The lowest BCUT2D eigenvalue weighted by molar-refractivity contribution is 0.0708. The molecule has 0 spiro atoms. The summed E-state index contributed by atoms with van der Waals surface area (Å²) in [4.78, 5) is 19.3. The molecule has 2 aliphatic heterocycles. The molecule has 2 aliphatic rings. The smallest absolute Gasteiger partial charge is 0.273 e. The zero-order valence-electron chi connectivity index (χ0n) is 13.7. The second-order valence-corrected chi connectivity index (χ2v) is 7.46. The van der Waals surface area contributed by atoms with E-state index in [9.17, 15) is 4.79 Å². The van der Waals surface area contributed by atoms with E-state index in [4.69, 9.17) is 0 Å². The monoisotopic (exact) mass is 341 g/mol. The minimum atomic E-state index is 0.0899. The molecule has 1 aromatic heterocycles. The molecule has 4 rings (SSSR count). The average molecular weight is 341 g/mol. The molecule has 1 amide bonds. The quantitative estimate of drug-likeness (QED) is 0.912. The number of hydrogen-bond donors (Lipinski definition) is 1. The van der Waals surface area contributed by atoms with E-state index in [-0.39, 0.29) is 11.9 Å². The first kappa shape index (κ1) is 15.8. The van der Waals surface area contributed by atoms with Gasteiger partial charge in [0.1, 0.15) is 5.69 Å². The first-order valence-electron chi connectivity index (χ1n) is 8.82. The molecule has 0 unspecified atom stereocenters. The van der Waals surface area contributed by atoms with Gasteiger partial charge in [0.05, 0.1) is 5.51 Å². The third-order valence-electron chi connectivity index (χ3n) is 5.34. The number of rotatable bonds is 2. The molecule has 0 saturated carbocycles. The maximum Gasteiger partial charge on any atom is 0.273 e. The van der Waals surface area contributed by atoms with Gasteiger partial charge in [0.15, 0.2) is 0 Å². The lowest BCUT2D eigenvalue weighted by Gasteiger charge is -2.31. The molecule has 0 radical (unpaired) electrons. The summed E-state index contributed by atoms with van der Waals surface area (Å²) >= 11 is 1.49. The van der Waals surface area contributed by atoms with Crippen LogP contribution < -0.4 is 5.32 Å². The summed E-state index contributed by atoms with van der Waals surface area (Å²) in [6.07, 6.45) is 4.75. The van der Waals surface area contributed by atoms with Gasteiger partial charge in [0.25, 0.3) is 5.91 Å². The Morgan fingerprint density at radius 1 is 1.21 bits per heavy atom. The highest BCUT2D eigenvalue weighted by molar-refractivity contribution is 7.07. The Balaban J connectivity index is 1.65. The second-order valence-electron chi connectivity index (χ2n) is 6.74. The summed E-state index contributed by atoms with van der Waals surface area (Å²) < 4.78 is 0. The van der Waals surface area contributed by atoms with Crippen LogP contribution in [0.15, 0.2) is 41.2 Å². The number of benzene rings is 1. The molecule has 1 N–H and O–H groups in total. The molecule has 1 aromatic carbocycles. The number of fused-ring (bicyclic) bond motifs is 1. The minimum Gasteiger partial charge on any atom is -0.332 e. The van der Waals surface area contributed by atoms with E-state index < -0.39 is 0 Å². The maximum absolute atomic E-state index is 13.0. The van der Waals surface area contributed by atoms with Gasteiger partial charge >= 0.3 is 0 Å². The fourth-order valence-corrected chi connectivity index (χ4v) is 4.70. The number of aromatic nitrogens is 1. The zero-order chi connectivity index (χ0) is 16.4. The van der Waals surface area contributed by atoms with Crippen molar-refractivity contribution in [3.05, 3.63) is 52.5 Å². The molecule has 2 fully saturated rings. The molecule has 2 saturated heterocycles. The second kappa shape index (κ2) is 7.03. The SMILES string of the molecule is O=C(c1cscn1)N1C[C@@H](c2ccccc2)[C@@H]2NCCCCC[C@@H]21. The summed E-state index contributed by atoms with van der Waals surface area (Å²) in [5.74, 6) is 0.448. The third-order valence-corrected chi connectivity index (χ3v) is 5.92. The van der Waals surface area contributed by atoms with Crippen molar-refractivity contribution in [2.75, 3.05) is 13.1 Å². The molecular formula is C19H23N3OS. The van der Waals surface area contributed by atoms with E-state index in [0.29, 0.717) is 17.7 Å². The number of hydrogen-bond acceptors (Lipinski definition) is 4. The van der Waals surface area contributed by atoms with Crippen LogP contribution in [0.25, 0.3) is 0 Å². The Bertz CT molecular complexity index is 673. The van der Waals surface area contributed by atoms with Gasteiger partial charge in [-0.05, 0) is 24.9 Å². The van der Waals surface area contributed by atoms with Crippen LogP contribution >= 0.6 is 11.3 Å². The largest absolute Gasteiger partial charge is 0.332 e. The van der Waals surface area contributed by atoms with Crippen LogP contribution in [0.1, 0.15) is 47.7 Å². The molecule has 5 heteroatoms. The first-order valence-corrected chi connectivity index (χ1v) is 9.76. The number of amides is 1. The molecule has 24 heavy (non-hydrogen) atoms. The van der Waals surface area contributed by atoms with Crippen molar-refractivity contribution in [3.63, 3.8) is 0 Å². The summed E-state index contributed by atoms with van der Waals surface area (Å²) in [6.45, 7) is 1.83. The van der Waals surface area contributed by atoms with Crippen LogP contribution in [0.4, 0.5) is 0 Å². The van der Waals surface area contributed by atoms with Crippen LogP contribution in [0, 0.1) is 0 Å². The number of carbonyl (C=O) groups is 1. The first-order chi connectivity index (χ1) is 11.8. The molecular weight excluding hydrogens is 318 g/mol. The lowest BCUT2D eigenvalue weighted by atomic mass is 9.88. The van der Waals surface area contributed by atoms with E-state index >= 15 is 0 Å². The highest BCUT2D eigenvalue weighted by Crippen LogP contribution is 2.36. The average Bonchev–Trinajstić information content (AvgIpc) is 3.23. The zero-order valence-corrected chi connectivity index (χ0v) is 14.5. The van der Waals surface area contributed by atoms with Gasteiger partial charge in [-0.2, -0.15) is 0 Å². The van der Waals surface area contributed by atoms with Crippen molar-refractivity contribution in [1.29, 1.82) is 0 Å². The van der Waals surface area contributed by atoms with Crippen molar-refractivity contribution in [1.82, 2.24) is 15.2 Å². The van der Waals surface area contributed by atoms with E-state index in [0.717, 1.165) is 19.5 Å². The normalized spacial score (nSPS) is 27.3. The Morgan fingerprint density at radius 3 is 2.88 bits per heavy atom. The molecule has 126 valence electrons. The fraction of sp³-hybridized carbons (Fsp3) is 0.474. The van der Waals surface area contributed by atoms with Gasteiger partial charge in [-0.3, -0.25) is 4.79 Å². The summed E-state index contributed by atoms with van der Waals surface area (Å²) in [7, 11) is 0. The van der Waals surface area contributed by atoms with Gasteiger partial charge in [0.2, 0.25) is 0 Å². The summed E-state index contributed by atoms with van der Waals surface area (Å²) in [5, 5.41) is 5.62. The van der Waals surface area contributed by atoms with Gasteiger partial charge in [-0.15, -0.1) is 11.3 Å². The van der Waals surface area contributed by atoms with Crippen LogP contribution in [0.2, 0.25) is 0 Å². The number of carbonyl (C=O) groups excluding carboxylic acids is 1. The Hall–Kier alpha value is -1.72. The predicted molar refractivity (Wildman–Crippen MR) is 96.4 cm³/mol. The van der Waals surface area contributed by atoms with E-state index in [1.807, 2.05) is 5.38 Å². The van der Waals surface area contributed by atoms with Crippen molar-refractivity contribution < 1.29 is 4.79 Å². The number of nitrogens with one attached hydrogen (secondary N) is 1. The topological polar surface area (TPSA) is 45.2 Å². The van der Waals surface area contributed by atoms with E-state index in [2.05, 4.69) is 45.5 Å². The Labute approximate surface area is 146 Å². The summed E-state index contributed by atoms with van der Waals surface area (Å²) in [5.41, 5.74) is 3.66. The van der Waals surface area contributed by atoms with Crippen molar-refractivity contribution in [2.24, 2.45) is 0 Å². The number of thiazole rings is 1. The van der Waals surface area contributed by atoms with E-state index in [1.54, 1.807) is 5.51 Å². The molecule has 3 atom stereocenters. The molecule has 2 aromatic rings. The van der Waals surface area contributed by atoms with Gasteiger partial charge in [-0.1, -0.05) is 43.2 Å². The Kier molecular flexibility index (Phi) is 4.63. The third kappa shape index (κ3) is 2.98.